The van der Waals surface area contributed by atoms with Crippen molar-refractivity contribution >= 4 is 23.3 Å². The summed E-state index contributed by atoms with van der Waals surface area (Å²) in [4.78, 5) is 34.9. The van der Waals surface area contributed by atoms with Gasteiger partial charge in [-0.25, -0.2) is 4.79 Å². The van der Waals surface area contributed by atoms with Gasteiger partial charge in [-0.15, -0.1) is 0 Å². The third-order valence-electron chi connectivity index (χ3n) is 4.24. The average molecular weight is 390 g/mol. The first-order valence-electron chi connectivity index (χ1n) is 8.86. The summed E-state index contributed by atoms with van der Waals surface area (Å²) in [6.45, 7) is 1.46. The fraction of sp³-hybridized carbons (Fsp3) is 0.0909. The number of carbonyl (C=O) groups is 2. The van der Waals surface area contributed by atoms with E-state index in [-0.39, 0.29) is 11.3 Å². The predicted molar refractivity (Wildman–Crippen MR) is 108 cm³/mol. The molecule has 7 nitrogen and oxygen atoms in total. The van der Waals surface area contributed by atoms with E-state index in [4.69, 9.17) is 4.74 Å². The number of hydrogen-bond donors (Lipinski definition) is 1. The number of nitrogens with one attached hydrogen (secondary N) is 1. The Labute approximate surface area is 167 Å². The molecule has 7 heteroatoms. The largest absolute Gasteiger partial charge is 0.449 e. The van der Waals surface area contributed by atoms with Gasteiger partial charge in [-0.2, -0.15) is 0 Å². The van der Waals surface area contributed by atoms with Crippen LogP contribution in [0.5, 0.6) is 0 Å². The molecule has 29 heavy (non-hydrogen) atoms. The highest BCUT2D eigenvalue weighted by Gasteiger charge is 2.20. The summed E-state index contributed by atoms with van der Waals surface area (Å²) in [6, 6.07) is 21.9. The minimum absolute atomic E-state index is 0.125. The minimum atomic E-state index is -1.05. The lowest BCUT2D eigenvalue weighted by molar-refractivity contribution is -0.384. The lowest BCUT2D eigenvalue weighted by Gasteiger charge is -2.16. The van der Waals surface area contributed by atoms with Crippen molar-refractivity contribution in [2.75, 3.05) is 5.32 Å². The Morgan fingerprint density at radius 2 is 1.55 bits per heavy atom. The van der Waals surface area contributed by atoms with Crippen LogP contribution in [0, 0.1) is 10.1 Å². The highest BCUT2D eigenvalue weighted by Crippen LogP contribution is 2.27. The number of nitro groups is 1. The van der Waals surface area contributed by atoms with Crippen molar-refractivity contribution in [3.05, 3.63) is 94.5 Å². The van der Waals surface area contributed by atoms with Crippen molar-refractivity contribution in [3.8, 4) is 11.1 Å². The van der Waals surface area contributed by atoms with Crippen molar-refractivity contribution in [1.82, 2.24) is 0 Å². The number of esters is 1. The second kappa shape index (κ2) is 8.79. The molecule has 0 fully saturated rings. The van der Waals surface area contributed by atoms with E-state index in [9.17, 15) is 19.7 Å². The topological polar surface area (TPSA) is 98.5 Å². The van der Waals surface area contributed by atoms with Gasteiger partial charge in [0.15, 0.2) is 6.10 Å². The summed E-state index contributed by atoms with van der Waals surface area (Å²) in [5.74, 6) is -1.22. The number of nitrogens with zero attached hydrogens (tertiary/aromatic N) is 1. The van der Waals surface area contributed by atoms with Gasteiger partial charge in [-0.1, -0.05) is 48.5 Å². The smallest absolute Gasteiger partial charge is 0.338 e. The number of benzene rings is 3. The van der Waals surface area contributed by atoms with Crippen LogP contribution in [0.25, 0.3) is 11.1 Å². The molecule has 0 aromatic heterocycles. The number of rotatable bonds is 6. The molecule has 146 valence electrons. The van der Waals surface area contributed by atoms with Crippen LogP contribution in [0.1, 0.15) is 17.3 Å². The molecule has 0 heterocycles. The van der Waals surface area contributed by atoms with E-state index in [1.165, 1.54) is 31.2 Å². The highest BCUT2D eigenvalue weighted by molar-refractivity contribution is 6.00. The summed E-state index contributed by atoms with van der Waals surface area (Å²) in [5, 5.41) is 13.5. The average Bonchev–Trinajstić information content (AvgIpc) is 2.74. The molecule has 0 unspecified atom stereocenters. The molecule has 0 aliphatic carbocycles. The summed E-state index contributed by atoms with van der Waals surface area (Å²) >= 11 is 0. The van der Waals surface area contributed by atoms with Crippen LogP contribution >= 0.6 is 0 Å². The maximum absolute atomic E-state index is 12.5. The molecule has 0 spiro atoms. The molecule has 0 radical (unpaired) electrons. The molecule has 0 bridgehead atoms. The summed E-state index contributed by atoms with van der Waals surface area (Å²) in [6.07, 6.45) is -1.05. The Morgan fingerprint density at radius 3 is 2.21 bits per heavy atom. The van der Waals surface area contributed by atoms with Gasteiger partial charge in [0.1, 0.15) is 0 Å². The van der Waals surface area contributed by atoms with Crippen molar-refractivity contribution < 1.29 is 19.2 Å². The van der Waals surface area contributed by atoms with E-state index in [1.807, 2.05) is 42.5 Å². The van der Waals surface area contributed by atoms with Gasteiger partial charge in [-0.3, -0.25) is 14.9 Å². The number of anilines is 1. The molecule has 1 atom stereocenters. The molecule has 0 saturated heterocycles. The molecule has 3 aromatic rings. The Bertz CT molecular complexity index is 1030. The Hall–Kier alpha value is -4.00. The molecular weight excluding hydrogens is 372 g/mol. The van der Waals surface area contributed by atoms with Gasteiger partial charge in [0, 0.05) is 23.4 Å². The summed E-state index contributed by atoms with van der Waals surface area (Å²) < 4.78 is 5.20. The standard InChI is InChI=1S/C22H18N2O5/c1-15(29-22(26)17-11-13-18(14-12-17)24(27)28)21(25)23-20-10-6-5-9-19(20)16-7-3-2-4-8-16/h2-15H,1H3,(H,23,25)/t15-/m0/s1. The number of para-hydroxylation sites is 1. The van der Waals surface area contributed by atoms with E-state index in [2.05, 4.69) is 5.32 Å². The van der Waals surface area contributed by atoms with E-state index >= 15 is 0 Å². The molecule has 1 N–H and O–H groups in total. The normalized spacial score (nSPS) is 11.3. The van der Waals surface area contributed by atoms with Gasteiger partial charge in [0.2, 0.25) is 0 Å². The number of amides is 1. The lowest BCUT2D eigenvalue weighted by atomic mass is 10.0. The van der Waals surface area contributed by atoms with Crippen LogP contribution in [0.2, 0.25) is 0 Å². The first-order chi connectivity index (χ1) is 14.0. The summed E-state index contributed by atoms with van der Waals surface area (Å²) in [7, 11) is 0. The third-order valence-corrected chi connectivity index (χ3v) is 4.24. The van der Waals surface area contributed by atoms with Gasteiger partial charge >= 0.3 is 5.97 Å². The van der Waals surface area contributed by atoms with E-state index in [0.29, 0.717) is 5.69 Å². The van der Waals surface area contributed by atoms with Crippen LogP contribution in [0.3, 0.4) is 0 Å². The van der Waals surface area contributed by atoms with E-state index in [1.54, 1.807) is 12.1 Å². The molecule has 3 aromatic carbocycles. The molecule has 1 amide bonds. The van der Waals surface area contributed by atoms with Crippen LogP contribution < -0.4 is 5.32 Å². The number of non-ortho nitro benzene ring substituents is 1. The highest BCUT2D eigenvalue weighted by atomic mass is 16.6. The van der Waals surface area contributed by atoms with Crippen molar-refractivity contribution in [2.24, 2.45) is 0 Å². The maximum atomic E-state index is 12.5. The number of hydrogen-bond acceptors (Lipinski definition) is 5. The van der Waals surface area contributed by atoms with Crippen LogP contribution in [0.4, 0.5) is 11.4 Å². The predicted octanol–water partition coefficient (Wildman–Crippen LogP) is 4.45. The molecule has 3 rings (SSSR count). The van der Waals surface area contributed by atoms with Gasteiger partial charge in [0.25, 0.3) is 11.6 Å². The van der Waals surface area contributed by atoms with Crippen molar-refractivity contribution in [2.45, 2.75) is 13.0 Å². The van der Waals surface area contributed by atoms with Gasteiger partial charge in [-0.05, 0) is 30.7 Å². The Kier molecular flexibility index (Phi) is 5.99. The zero-order valence-corrected chi connectivity index (χ0v) is 15.6. The second-order valence-electron chi connectivity index (χ2n) is 6.25. The SMILES string of the molecule is C[C@H](OC(=O)c1ccc([N+](=O)[O-])cc1)C(=O)Nc1ccccc1-c1ccccc1. The lowest BCUT2D eigenvalue weighted by Crippen LogP contribution is -2.30. The Morgan fingerprint density at radius 1 is 0.931 bits per heavy atom. The first kappa shape index (κ1) is 19.8. The first-order valence-corrected chi connectivity index (χ1v) is 8.86. The van der Waals surface area contributed by atoms with Crippen molar-refractivity contribution in [3.63, 3.8) is 0 Å². The second-order valence-corrected chi connectivity index (χ2v) is 6.25. The van der Waals surface area contributed by atoms with Crippen LogP contribution in [0.15, 0.2) is 78.9 Å². The van der Waals surface area contributed by atoms with Crippen LogP contribution in [-0.2, 0) is 9.53 Å². The molecule has 0 saturated carbocycles. The zero-order chi connectivity index (χ0) is 20.8. The summed E-state index contributed by atoms with van der Waals surface area (Å²) in [5.41, 5.74) is 2.38. The fourth-order valence-electron chi connectivity index (χ4n) is 2.70. The molecule has 0 aliphatic rings. The van der Waals surface area contributed by atoms with Gasteiger partial charge in [0.05, 0.1) is 10.5 Å². The van der Waals surface area contributed by atoms with Gasteiger partial charge < -0.3 is 10.1 Å². The molecular formula is C22H18N2O5. The third kappa shape index (κ3) is 4.84. The quantitative estimate of drug-likeness (QED) is 0.381. The van der Waals surface area contributed by atoms with E-state index < -0.39 is 22.9 Å². The number of carbonyl (C=O) groups excluding carboxylic acids is 2. The van der Waals surface area contributed by atoms with Crippen molar-refractivity contribution in [1.29, 1.82) is 0 Å². The zero-order valence-electron chi connectivity index (χ0n) is 15.6. The van der Waals surface area contributed by atoms with E-state index in [0.717, 1.165) is 11.1 Å². The monoisotopic (exact) mass is 390 g/mol. The van der Waals surface area contributed by atoms with Crippen LogP contribution in [-0.4, -0.2) is 22.9 Å². The fourth-order valence-corrected chi connectivity index (χ4v) is 2.70. The Balaban J connectivity index is 1.68. The minimum Gasteiger partial charge on any atom is -0.449 e. The number of nitro benzene ring substituents is 1. The molecule has 0 aliphatic heterocycles. The number of ether oxygens (including phenoxy) is 1. The maximum Gasteiger partial charge on any atom is 0.338 e.